The Kier molecular flexibility index (Phi) is 3.20. The molecule has 28 heavy (non-hydrogen) atoms. The first-order valence-corrected chi connectivity index (χ1v) is 9.62. The van der Waals surface area contributed by atoms with Crippen LogP contribution < -0.4 is 10.6 Å². The highest BCUT2D eigenvalue weighted by atomic mass is 15.4. The van der Waals surface area contributed by atoms with Gasteiger partial charge in [0.05, 0.1) is 5.69 Å². The molecule has 2 atom stereocenters. The maximum atomic E-state index is 6.07. The number of hydrogen-bond donors (Lipinski definition) is 1. The summed E-state index contributed by atoms with van der Waals surface area (Å²) in [5.41, 5.74) is 8.93. The zero-order chi connectivity index (χ0) is 18.8. The number of hydrogen-bond acceptors (Lipinski definition) is 6. The molecule has 4 aromatic rings. The van der Waals surface area contributed by atoms with Crippen LogP contribution in [0.3, 0.4) is 0 Å². The molecule has 5 heterocycles. The number of piperazine rings is 1. The Balaban J connectivity index is 1.45. The summed E-state index contributed by atoms with van der Waals surface area (Å²) >= 11 is 0. The second-order valence-corrected chi connectivity index (χ2v) is 7.88. The van der Waals surface area contributed by atoms with Crippen LogP contribution in [0.4, 0.5) is 11.6 Å². The lowest BCUT2D eigenvalue weighted by Crippen LogP contribution is -2.45. The minimum absolute atomic E-state index is 0.528. The first-order valence-electron chi connectivity index (χ1n) is 9.62. The first kappa shape index (κ1) is 15.8. The van der Waals surface area contributed by atoms with Crippen LogP contribution in [-0.2, 0) is 0 Å². The van der Waals surface area contributed by atoms with Gasteiger partial charge in [0.1, 0.15) is 5.82 Å². The number of benzene rings is 1. The van der Waals surface area contributed by atoms with E-state index in [9.17, 15) is 0 Å². The molecule has 7 nitrogen and oxygen atoms in total. The normalized spacial score (nSPS) is 22.0. The van der Waals surface area contributed by atoms with Crippen molar-refractivity contribution < 1.29 is 0 Å². The highest BCUT2D eigenvalue weighted by molar-refractivity contribution is 5.94. The van der Waals surface area contributed by atoms with Gasteiger partial charge in [-0.2, -0.15) is 0 Å². The highest BCUT2D eigenvalue weighted by Crippen LogP contribution is 2.35. The van der Waals surface area contributed by atoms with Gasteiger partial charge >= 0.3 is 0 Å². The number of nitrogen functional groups attached to an aromatic ring is 1. The Morgan fingerprint density at radius 3 is 2.82 bits per heavy atom. The van der Waals surface area contributed by atoms with Crippen LogP contribution in [0.1, 0.15) is 6.42 Å². The summed E-state index contributed by atoms with van der Waals surface area (Å²) in [6, 6.07) is 9.35. The number of nitrogens with zero attached hydrogens (tertiary/aromatic N) is 6. The van der Waals surface area contributed by atoms with Crippen molar-refractivity contribution in [2.24, 2.45) is 0 Å². The van der Waals surface area contributed by atoms with Gasteiger partial charge in [-0.3, -0.25) is 4.90 Å². The fourth-order valence-electron chi connectivity index (χ4n) is 4.72. The van der Waals surface area contributed by atoms with Gasteiger partial charge in [-0.1, -0.05) is 12.1 Å². The topological polar surface area (TPSA) is 75.6 Å². The number of likely N-dealkylation sites (N-methyl/N-ethyl adjacent to an activating group) is 1. The third kappa shape index (κ3) is 2.23. The number of fused-ring (bicyclic) bond motifs is 4. The van der Waals surface area contributed by atoms with Gasteiger partial charge in [0, 0.05) is 60.9 Å². The van der Waals surface area contributed by atoms with E-state index in [1.807, 2.05) is 18.5 Å². The number of imidazole rings is 1. The van der Waals surface area contributed by atoms with Crippen molar-refractivity contribution >= 4 is 28.1 Å². The predicted octanol–water partition coefficient (Wildman–Crippen LogP) is 2.42. The van der Waals surface area contributed by atoms with E-state index in [0.717, 1.165) is 46.6 Å². The number of rotatable bonds is 2. The van der Waals surface area contributed by atoms with Crippen LogP contribution in [0.2, 0.25) is 0 Å². The Morgan fingerprint density at radius 2 is 2.00 bits per heavy atom. The average molecular weight is 371 g/mol. The molecule has 6 rings (SSSR count). The predicted molar refractivity (Wildman–Crippen MR) is 110 cm³/mol. The molecule has 7 heteroatoms. The molecule has 2 aliphatic heterocycles. The molecule has 0 amide bonds. The van der Waals surface area contributed by atoms with Gasteiger partial charge in [-0.05, 0) is 31.0 Å². The molecule has 0 aliphatic carbocycles. The van der Waals surface area contributed by atoms with Gasteiger partial charge in [0.2, 0.25) is 0 Å². The summed E-state index contributed by atoms with van der Waals surface area (Å²) in [6.45, 7) is 2.12. The van der Waals surface area contributed by atoms with E-state index < -0.39 is 0 Å². The smallest absolute Gasteiger partial charge is 0.180 e. The molecule has 3 aromatic heterocycles. The Morgan fingerprint density at radius 1 is 1.07 bits per heavy atom. The summed E-state index contributed by atoms with van der Waals surface area (Å²) in [6.07, 6.45) is 8.85. The van der Waals surface area contributed by atoms with Crippen molar-refractivity contribution in [1.29, 1.82) is 0 Å². The fourth-order valence-corrected chi connectivity index (χ4v) is 4.72. The van der Waals surface area contributed by atoms with Gasteiger partial charge in [-0.25, -0.2) is 15.0 Å². The minimum Gasteiger partial charge on any atom is -0.383 e. The number of pyridine rings is 1. The average Bonchev–Trinajstić information content (AvgIpc) is 3.41. The van der Waals surface area contributed by atoms with Crippen molar-refractivity contribution in [3.05, 3.63) is 49.1 Å². The molecule has 140 valence electrons. The maximum absolute atomic E-state index is 6.07. The number of likely N-dealkylation sites (tertiary alicyclic amines) is 1. The summed E-state index contributed by atoms with van der Waals surface area (Å²) in [7, 11) is 2.21. The largest absolute Gasteiger partial charge is 0.383 e. The summed E-state index contributed by atoms with van der Waals surface area (Å²) < 4.78 is 2.07. The van der Waals surface area contributed by atoms with Crippen molar-refractivity contribution in [3.63, 3.8) is 0 Å². The molecule has 0 saturated carbocycles. The highest BCUT2D eigenvalue weighted by Gasteiger charge is 2.42. The van der Waals surface area contributed by atoms with Gasteiger partial charge in [0.25, 0.3) is 0 Å². The van der Waals surface area contributed by atoms with Crippen molar-refractivity contribution in [3.8, 4) is 11.3 Å². The Labute approximate surface area is 162 Å². The maximum Gasteiger partial charge on any atom is 0.180 e. The van der Waals surface area contributed by atoms with Crippen molar-refractivity contribution in [1.82, 2.24) is 24.3 Å². The molecular weight excluding hydrogens is 350 g/mol. The van der Waals surface area contributed by atoms with Crippen molar-refractivity contribution in [2.75, 3.05) is 30.8 Å². The lowest BCUT2D eigenvalue weighted by atomic mass is 10.1. The number of aromatic nitrogens is 4. The summed E-state index contributed by atoms with van der Waals surface area (Å²) in [4.78, 5) is 18.7. The summed E-state index contributed by atoms with van der Waals surface area (Å²) in [5, 5.41) is 2.04. The fraction of sp³-hybridized carbons (Fsp3) is 0.286. The standard InChI is InChI=1S/C21H21N7/c1-26-10-16-9-15(26)11-28(16)20-21-25-18(12-27(21)7-6-24-20)14-3-2-13-4-5-23-19(22)17(13)8-14/h2-8,12,15-16H,9-11H2,1H3,(H2,22,23)/t15-,16-/m1/s1. The molecule has 2 aliphatic rings. The van der Waals surface area contributed by atoms with E-state index in [1.54, 1.807) is 6.20 Å². The van der Waals surface area contributed by atoms with Crippen LogP contribution in [-0.4, -0.2) is 56.5 Å². The van der Waals surface area contributed by atoms with E-state index in [1.165, 1.54) is 6.42 Å². The molecule has 0 radical (unpaired) electrons. The Hall–Kier alpha value is -3.19. The molecule has 2 saturated heterocycles. The van der Waals surface area contributed by atoms with Crippen molar-refractivity contribution in [2.45, 2.75) is 18.5 Å². The second kappa shape index (κ2) is 5.65. The van der Waals surface area contributed by atoms with Gasteiger partial charge in [0.15, 0.2) is 11.5 Å². The molecule has 1 aromatic carbocycles. The van der Waals surface area contributed by atoms with E-state index in [0.29, 0.717) is 17.9 Å². The lowest BCUT2D eigenvalue weighted by Gasteiger charge is -2.32. The minimum atomic E-state index is 0.528. The van der Waals surface area contributed by atoms with E-state index in [2.05, 4.69) is 50.6 Å². The second-order valence-electron chi connectivity index (χ2n) is 7.88. The summed E-state index contributed by atoms with van der Waals surface area (Å²) in [5.74, 6) is 1.53. The SMILES string of the molecule is CN1C[C@H]2C[C@@H]1CN2c1nccn2cc(-c3ccc4ccnc(N)c4c3)nc12. The molecule has 2 bridgehead atoms. The van der Waals surface area contributed by atoms with Gasteiger partial charge in [-0.15, -0.1) is 0 Å². The zero-order valence-electron chi connectivity index (χ0n) is 15.7. The zero-order valence-corrected chi connectivity index (χ0v) is 15.7. The van der Waals surface area contributed by atoms with Crippen LogP contribution in [0.25, 0.3) is 27.7 Å². The molecular formula is C21H21N7. The van der Waals surface area contributed by atoms with Crippen LogP contribution in [0.5, 0.6) is 0 Å². The van der Waals surface area contributed by atoms with E-state index in [4.69, 9.17) is 15.7 Å². The van der Waals surface area contributed by atoms with Crippen LogP contribution in [0.15, 0.2) is 49.1 Å². The third-order valence-corrected chi connectivity index (χ3v) is 6.24. The monoisotopic (exact) mass is 371 g/mol. The third-order valence-electron chi connectivity index (χ3n) is 6.24. The van der Waals surface area contributed by atoms with Gasteiger partial charge < -0.3 is 15.0 Å². The molecule has 2 fully saturated rings. The molecule has 0 unspecified atom stereocenters. The number of anilines is 2. The van der Waals surface area contributed by atoms with Crippen LogP contribution >= 0.6 is 0 Å². The molecule has 0 spiro atoms. The number of nitrogens with two attached hydrogens (primary N) is 1. The van der Waals surface area contributed by atoms with E-state index >= 15 is 0 Å². The first-order chi connectivity index (χ1) is 13.7. The molecule has 2 N–H and O–H groups in total. The quantitative estimate of drug-likeness (QED) is 0.583. The Bertz CT molecular complexity index is 1210. The lowest BCUT2D eigenvalue weighted by molar-refractivity contribution is 0.292. The van der Waals surface area contributed by atoms with E-state index in [-0.39, 0.29) is 0 Å². The van der Waals surface area contributed by atoms with Crippen LogP contribution in [0, 0.1) is 0 Å².